The summed E-state index contributed by atoms with van der Waals surface area (Å²) in [5.41, 5.74) is 0. The third kappa shape index (κ3) is 4.32. The van der Waals surface area contributed by atoms with Gasteiger partial charge < -0.3 is 24.3 Å². The number of halogens is 1. The van der Waals surface area contributed by atoms with E-state index in [0.717, 1.165) is 0 Å². The molecule has 0 spiro atoms. The lowest BCUT2D eigenvalue weighted by Crippen LogP contribution is -2.38. The number of fused-ring (bicyclic) bond motifs is 1. The highest BCUT2D eigenvalue weighted by atomic mass is 19.1. The van der Waals surface area contributed by atoms with E-state index in [4.69, 9.17) is 18.9 Å². The first-order chi connectivity index (χ1) is 12.1. The van der Waals surface area contributed by atoms with E-state index in [1.807, 2.05) is 0 Å². The highest BCUT2D eigenvalue weighted by Crippen LogP contribution is 2.34. The zero-order chi connectivity index (χ0) is 17.6. The van der Waals surface area contributed by atoms with Crippen molar-refractivity contribution >= 4 is 5.91 Å². The van der Waals surface area contributed by atoms with Crippen LogP contribution in [0.5, 0.6) is 23.0 Å². The molecular formula is C18H18FNO5. The molecule has 25 heavy (non-hydrogen) atoms. The zero-order valence-electron chi connectivity index (χ0n) is 13.7. The van der Waals surface area contributed by atoms with Gasteiger partial charge in [0.2, 0.25) is 6.79 Å². The van der Waals surface area contributed by atoms with Gasteiger partial charge in [-0.3, -0.25) is 4.79 Å². The molecule has 0 aliphatic carbocycles. The molecule has 0 fully saturated rings. The monoisotopic (exact) mass is 347 g/mol. The van der Waals surface area contributed by atoms with Crippen LogP contribution in [0.15, 0.2) is 42.5 Å². The number of amides is 1. The van der Waals surface area contributed by atoms with Crippen molar-refractivity contribution in [2.45, 2.75) is 13.0 Å². The van der Waals surface area contributed by atoms with Gasteiger partial charge in [0, 0.05) is 6.07 Å². The second kappa shape index (κ2) is 7.74. The molecule has 1 aliphatic rings. The van der Waals surface area contributed by atoms with Crippen molar-refractivity contribution in [3.05, 3.63) is 48.3 Å². The molecule has 2 aromatic rings. The Balaban J connectivity index is 1.41. The molecule has 0 radical (unpaired) electrons. The number of hydrogen-bond acceptors (Lipinski definition) is 5. The molecule has 1 N–H and O–H groups in total. The van der Waals surface area contributed by atoms with Gasteiger partial charge in [-0.2, -0.15) is 0 Å². The Kier molecular flexibility index (Phi) is 5.23. The SMILES string of the molecule is C[C@H](Oc1ccccc1F)C(=O)NCCOc1ccc2c(c1)OCO2. The molecule has 1 heterocycles. The molecular weight excluding hydrogens is 329 g/mol. The molecule has 0 saturated carbocycles. The maximum atomic E-state index is 13.5. The maximum Gasteiger partial charge on any atom is 0.260 e. The van der Waals surface area contributed by atoms with Gasteiger partial charge in [0.05, 0.1) is 6.54 Å². The summed E-state index contributed by atoms with van der Waals surface area (Å²) in [6.45, 7) is 2.32. The second-order valence-corrected chi connectivity index (χ2v) is 5.35. The summed E-state index contributed by atoms with van der Waals surface area (Å²) >= 11 is 0. The molecule has 0 aromatic heterocycles. The van der Waals surface area contributed by atoms with Gasteiger partial charge >= 0.3 is 0 Å². The molecule has 1 amide bonds. The van der Waals surface area contributed by atoms with Crippen molar-refractivity contribution < 1.29 is 28.1 Å². The van der Waals surface area contributed by atoms with Crippen LogP contribution in [0.1, 0.15) is 6.92 Å². The van der Waals surface area contributed by atoms with Crippen LogP contribution in [-0.4, -0.2) is 32.0 Å². The first kappa shape index (κ1) is 16.9. The van der Waals surface area contributed by atoms with Gasteiger partial charge in [-0.05, 0) is 31.2 Å². The summed E-state index contributed by atoms with van der Waals surface area (Å²) in [5.74, 6) is 1.12. The quantitative estimate of drug-likeness (QED) is 0.780. The Labute approximate surface area is 144 Å². The van der Waals surface area contributed by atoms with Gasteiger partial charge in [0.25, 0.3) is 5.91 Å². The van der Waals surface area contributed by atoms with Gasteiger partial charge in [0.1, 0.15) is 12.4 Å². The number of carbonyl (C=O) groups excluding carboxylic acids is 1. The number of rotatable bonds is 7. The number of ether oxygens (including phenoxy) is 4. The van der Waals surface area contributed by atoms with Gasteiger partial charge in [-0.15, -0.1) is 0 Å². The van der Waals surface area contributed by atoms with E-state index in [0.29, 0.717) is 17.2 Å². The summed E-state index contributed by atoms with van der Waals surface area (Å²) < 4.78 is 34.8. The maximum absolute atomic E-state index is 13.5. The smallest absolute Gasteiger partial charge is 0.260 e. The fourth-order valence-electron chi connectivity index (χ4n) is 2.24. The van der Waals surface area contributed by atoms with E-state index in [1.54, 1.807) is 37.3 Å². The van der Waals surface area contributed by atoms with Crippen molar-refractivity contribution in [2.24, 2.45) is 0 Å². The van der Waals surface area contributed by atoms with Crippen LogP contribution in [0, 0.1) is 5.82 Å². The highest BCUT2D eigenvalue weighted by molar-refractivity contribution is 5.80. The fraction of sp³-hybridized carbons (Fsp3) is 0.278. The van der Waals surface area contributed by atoms with E-state index >= 15 is 0 Å². The number of nitrogens with one attached hydrogen (secondary N) is 1. The summed E-state index contributed by atoms with van der Waals surface area (Å²) in [4.78, 5) is 12.0. The Hall–Kier alpha value is -2.96. The Morgan fingerprint density at radius 3 is 2.88 bits per heavy atom. The zero-order valence-corrected chi connectivity index (χ0v) is 13.7. The summed E-state index contributed by atoms with van der Waals surface area (Å²) in [7, 11) is 0. The lowest BCUT2D eigenvalue weighted by atomic mass is 10.3. The highest BCUT2D eigenvalue weighted by Gasteiger charge is 2.16. The largest absolute Gasteiger partial charge is 0.492 e. The van der Waals surface area contributed by atoms with Crippen LogP contribution in [0.3, 0.4) is 0 Å². The van der Waals surface area contributed by atoms with Crippen LogP contribution in [0.25, 0.3) is 0 Å². The number of para-hydroxylation sites is 1. The summed E-state index contributed by atoms with van der Waals surface area (Å²) in [6.07, 6.45) is -0.817. The van der Waals surface area contributed by atoms with E-state index in [-0.39, 0.29) is 31.6 Å². The molecule has 1 atom stereocenters. The average Bonchev–Trinajstić information content (AvgIpc) is 3.08. The first-order valence-electron chi connectivity index (χ1n) is 7.85. The molecule has 3 rings (SSSR count). The van der Waals surface area contributed by atoms with E-state index in [9.17, 15) is 9.18 Å². The van der Waals surface area contributed by atoms with Gasteiger partial charge in [-0.1, -0.05) is 12.1 Å². The first-order valence-corrected chi connectivity index (χ1v) is 7.85. The minimum Gasteiger partial charge on any atom is -0.492 e. The van der Waals surface area contributed by atoms with E-state index in [1.165, 1.54) is 12.1 Å². The minimum absolute atomic E-state index is 0.0433. The summed E-state index contributed by atoms with van der Waals surface area (Å²) in [6, 6.07) is 11.2. The van der Waals surface area contributed by atoms with Crippen molar-refractivity contribution in [1.82, 2.24) is 5.32 Å². The van der Waals surface area contributed by atoms with E-state index < -0.39 is 11.9 Å². The van der Waals surface area contributed by atoms with Crippen LogP contribution >= 0.6 is 0 Å². The van der Waals surface area contributed by atoms with Gasteiger partial charge in [0.15, 0.2) is 29.2 Å². The second-order valence-electron chi connectivity index (χ2n) is 5.35. The molecule has 0 saturated heterocycles. The molecule has 1 aliphatic heterocycles. The third-order valence-electron chi connectivity index (χ3n) is 3.52. The van der Waals surface area contributed by atoms with Crippen LogP contribution in [-0.2, 0) is 4.79 Å². The van der Waals surface area contributed by atoms with E-state index in [2.05, 4.69) is 5.32 Å². The van der Waals surface area contributed by atoms with Crippen molar-refractivity contribution in [3.8, 4) is 23.0 Å². The van der Waals surface area contributed by atoms with Crippen molar-refractivity contribution in [2.75, 3.05) is 19.9 Å². The molecule has 132 valence electrons. The predicted molar refractivity (Wildman–Crippen MR) is 87.6 cm³/mol. The van der Waals surface area contributed by atoms with Crippen LogP contribution in [0.2, 0.25) is 0 Å². The predicted octanol–water partition coefficient (Wildman–Crippen LogP) is 2.52. The molecule has 2 aromatic carbocycles. The lowest BCUT2D eigenvalue weighted by molar-refractivity contribution is -0.127. The molecule has 0 unspecified atom stereocenters. The van der Waals surface area contributed by atoms with Crippen molar-refractivity contribution in [3.63, 3.8) is 0 Å². The fourth-order valence-corrected chi connectivity index (χ4v) is 2.24. The molecule has 6 nitrogen and oxygen atoms in total. The average molecular weight is 347 g/mol. The third-order valence-corrected chi connectivity index (χ3v) is 3.52. The standard InChI is InChI=1S/C18H18FNO5/c1-12(25-15-5-3-2-4-14(15)19)18(21)20-8-9-22-13-6-7-16-17(10-13)24-11-23-16/h2-7,10,12H,8-9,11H2,1H3,(H,20,21)/t12-/m0/s1. The lowest BCUT2D eigenvalue weighted by Gasteiger charge is -2.15. The van der Waals surface area contributed by atoms with Crippen LogP contribution < -0.4 is 24.3 Å². The van der Waals surface area contributed by atoms with Gasteiger partial charge in [-0.25, -0.2) is 4.39 Å². The Morgan fingerprint density at radius 2 is 2.04 bits per heavy atom. The summed E-state index contributed by atoms with van der Waals surface area (Å²) in [5, 5.41) is 2.68. The minimum atomic E-state index is -0.817. The number of carbonyl (C=O) groups is 1. The Morgan fingerprint density at radius 1 is 1.24 bits per heavy atom. The Bertz CT molecular complexity index is 752. The molecule has 7 heteroatoms. The van der Waals surface area contributed by atoms with Crippen molar-refractivity contribution in [1.29, 1.82) is 0 Å². The molecule has 0 bridgehead atoms. The topological polar surface area (TPSA) is 66.0 Å². The number of hydrogen-bond donors (Lipinski definition) is 1. The number of benzene rings is 2. The van der Waals surface area contributed by atoms with Crippen LogP contribution in [0.4, 0.5) is 4.39 Å². The normalized spacial score (nSPS) is 13.2.